The van der Waals surface area contributed by atoms with Crippen molar-refractivity contribution in [1.29, 1.82) is 0 Å². The molecule has 12 heteroatoms. The number of sulfonamides is 1. The van der Waals surface area contributed by atoms with E-state index in [1.807, 2.05) is 0 Å². The summed E-state index contributed by atoms with van der Waals surface area (Å²) >= 11 is 0. The van der Waals surface area contributed by atoms with E-state index in [2.05, 4.69) is 0 Å². The SMILES string of the molecule is O=C(O)N1CCN(S(=O)(=O)c2ccc(Cc3ccc4oc(=O)cc(C(F)(F)F)c4c3)cc2)CC1. The molecule has 1 fully saturated rings. The maximum Gasteiger partial charge on any atom is 0.417 e. The van der Waals surface area contributed by atoms with Gasteiger partial charge in [-0.2, -0.15) is 17.5 Å². The fraction of sp³-hybridized carbons (Fsp3) is 0.273. The van der Waals surface area contributed by atoms with E-state index < -0.39 is 33.5 Å². The van der Waals surface area contributed by atoms with Gasteiger partial charge in [-0.1, -0.05) is 18.2 Å². The molecule has 1 aromatic heterocycles. The molecule has 2 heterocycles. The number of halogens is 3. The van der Waals surface area contributed by atoms with Crippen molar-refractivity contribution < 1.29 is 35.9 Å². The fourth-order valence-electron chi connectivity index (χ4n) is 3.84. The van der Waals surface area contributed by atoms with Crippen LogP contribution in [0.1, 0.15) is 16.7 Å². The van der Waals surface area contributed by atoms with Gasteiger partial charge in [0.05, 0.1) is 10.5 Å². The van der Waals surface area contributed by atoms with Crippen LogP contribution in [-0.2, 0) is 22.6 Å². The van der Waals surface area contributed by atoms with Crippen molar-refractivity contribution in [3.05, 3.63) is 75.6 Å². The third-order valence-electron chi connectivity index (χ3n) is 5.59. The third kappa shape index (κ3) is 4.77. The summed E-state index contributed by atoms with van der Waals surface area (Å²) in [5.41, 5.74) is -1.15. The van der Waals surface area contributed by atoms with Crippen LogP contribution in [-0.4, -0.2) is 55.0 Å². The number of hydrogen-bond donors (Lipinski definition) is 1. The quantitative estimate of drug-likeness (QED) is 0.555. The Balaban J connectivity index is 1.54. The van der Waals surface area contributed by atoms with Gasteiger partial charge < -0.3 is 14.4 Å². The van der Waals surface area contributed by atoms with Gasteiger partial charge in [-0.3, -0.25) is 0 Å². The van der Waals surface area contributed by atoms with Gasteiger partial charge in [0.2, 0.25) is 10.0 Å². The summed E-state index contributed by atoms with van der Waals surface area (Å²) in [6.45, 7) is 0.250. The van der Waals surface area contributed by atoms with Crippen molar-refractivity contribution in [2.75, 3.05) is 26.2 Å². The number of fused-ring (bicyclic) bond motifs is 1. The molecule has 0 radical (unpaired) electrons. The first kappa shape index (κ1) is 23.8. The zero-order chi connectivity index (χ0) is 24.7. The molecule has 2 aromatic carbocycles. The van der Waals surface area contributed by atoms with Crippen LogP contribution < -0.4 is 5.63 Å². The van der Waals surface area contributed by atoms with Crippen molar-refractivity contribution in [3.8, 4) is 0 Å². The Labute approximate surface area is 191 Å². The topological polar surface area (TPSA) is 108 Å². The van der Waals surface area contributed by atoms with E-state index in [0.29, 0.717) is 17.2 Å². The number of benzene rings is 2. The highest BCUT2D eigenvalue weighted by Crippen LogP contribution is 2.34. The Morgan fingerprint density at radius 2 is 1.59 bits per heavy atom. The predicted molar refractivity (Wildman–Crippen MR) is 115 cm³/mol. The molecule has 8 nitrogen and oxygen atoms in total. The van der Waals surface area contributed by atoms with Crippen LogP contribution in [0, 0.1) is 0 Å². The van der Waals surface area contributed by atoms with Gasteiger partial charge in [-0.25, -0.2) is 18.0 Å². The number of rotatable bonds is 4. The monoisotopic (exact) mass is 496 g/mol. The van der Waals surface area contributed by atoms with Crippen LogP contribution in [0.2, 0.25) is 0 Å². The normalized spacial score (nSPS) is 15.6. The Hall–Kier alpha value is -3.38. The largest absolute Gasteiger partial charge is 0.465 e. The van der Waals surface area contributed by atoms with E-state index in [0.717, 1.165) is 4.90 Å². The molecule has 1 amide bonds. The minimum Gasteiger partial charge on any atom is -0.465 e. The lowest BCUT2D eigenvalue weighted by molar-refractivity contribution is -0.136. The molecule has 1 aliphatic rings. The maximum atomic E-state index is 13.4. The van der Waals surface area contributed by atoms with E-state index in [4.69, 9.17) is 9.52 Å². The van der Waals surface area contributed by atoms with Gasteiger partial charge >= 0.3 is 17.9 Å². The van der Waals surface area contributed by atoms with Crippen molar-refractivity contribution >= 4 is 27.1 Å². The van der Waals surface area contributed by atoms with E-state index >= 15 is 0 Å². The third-order valence-corrected chi connectivity index (χ3v) is 7.50. The number of carbonyl (C=O) groups is 1. The number of carboxylic acid groups (broad SMARTS) is 1. The second-order valence-corrected chi connectivity index (χ2v) is 9.74. The van der Waals surface area contributed by atoms with Crippen LogP contribution in [0.15, 0.2) is 62.6 Å². The highest BCUT2D eigenvalue weighted by molar-refractivity contribution is 7.89. The molecule has 1 aliphatic heterocycles. The van der Waals surface area contributed by atoms with Crippen molar-refractivity contribution in [2.24, 2.45) is 0 Å². The summed E-state index contributed by atoms with van der Waals surface area (Å²) in [6.07, 6.45) is -5.59. The average Bonchev–Trinajstić information content (AvgIpc) is 2.78. The van der Waals surface area contributed by atoms with Crippen molar-refractivity contribution in [1.82, 2.24) is 9.21 Å². The number of nitrogens with zero attached hydrogens (tertiary/aromatic N) is 2. The zero-order valence-corrected chi connectivity index (χ0v) is 18.4. The molecule has 4 rings (SSSR count). The molecule has 0 atom stereocenters. The predicted octanol–water partition coefficient (Wildman–Crippen LogP) is 3.39. The van der Waals surface area contributed by atoms with Gasteiger partial charge in [0.1, 0.15) is 5.58 Å². The summed E-state index contributed by atoms with van der Waals surface area (Å²) < 4.78 is 71.9. The fourth-order valence-corrected chi connectivity index (χ4v) is 5.26. The van der Waals surface area contributed by atoms with E-state index in [1.165, 1.54) is 34.6 Å². The van der Waals surface area contributed by atoms with Gasteiger partial charge in [0.25, 0.3) is 0 Å². The van der Waals surface area contributed by atoms with E-state index in [-0.39, 0.29) is 48.5 Å². The molecule has 0 aliphatic carbocycles. The first-order chi connectivity index (χ1) is 15.9. The lowest BCUT2D eigenvalue weighted by Gasteiger charge is -2.32. The van der Waals surface area contributed by atoms with Crippen LogP contribution in [0.3, 0.4) is 0 Å². The summed E-state index contributed by atoms with van der Waals surface area (Å²) in [7, 11) is -3.81. The van der Waals surface area contributed by atoms with Crippen LogP contribution in [0.25, 0.3) is 11.0 Å². The lowest BCUT2D eigenvalue weighted by Crippen LogP contribution is -2.50. The Morgan fingerprint density at radius 3 is 2.18 bits per heavy atom. The molecule has 180 valence electrons. The van der Waals surface area contributed by atoms with E-state index in [9.17, 15) is 31.2 Å². The first-order valence-corrected chi connectivity index (χ1v) is 11.6. The molecule has 1 N–H and O–H groups in total. The molecule has 0 spiro atoms. The average molecular weight is 496 g/mol. The zero-order valence-electron chi connectivity index (χ0n) is 17.6. The highest BCUT2D eigenvalue weighted by atomic mass is 32.2. The van der Waals surface area contributed by atoms with Gasteiger partial charge in [0, 0.05) is 37.6 Å². The number of alkyl halides is 3. The standard InChI is InChI=1S/C22H19F3N2O6S/c23-22(24,25)18-13-20(28)33-19-6-3-15(12-17(18)19)11-14-1-4-16(5-2-14)34(31,32)27-9-7-26(8-10-27)21(29)30/h1-6,12-13H,7-11H2,(H,29,30). The highest BCUT2D eigenvalue weighted by Gasteiger charge is 2.34. The minimum atomic E-state index is -4.72. The van der Waals surface area contributed by atoms with Crippen LogP contribution >= 0.6 is 0 Å². The lowest BCUT2D eigenvalue weighted by atomic mass is 10.0. The van der Waals surface area contributed by atoms with Crippen LogP contribution in [0.4, 0.5) is 18.0 Å². The van der Waals surface area contributed by atoms with Crippen LogP contribution in [0.5, 0.6) is 0 Å². The van der Waals surface area contributed by atoms with Gasteiger partial charge in [-0.05, 0) is 41.8 Å². The second-order valence-electron chi connectivity index (χ2n) is 7.80. The molecule has 34 heavy (non-hydrogen) atoms. The number of piperazine rings is 1. The molecule has 0 bridgehead atoms. The Morgan fingerprint density at radius 1 is 0.971 bits per heavy atom. The molecule has 0 unspecified atom stereocenters. The summed E-state index contributed by atoms with van der Waals surface area (Å²) in [4.78, 5) is 23.6. The van der Waals surface area contributed by atoms with Crippen molar-refractivity contribution in [3.63, 3.8) is 0 Å². The van der Waals surface area contributed by atoms with Gasteiger partial charge in [0.15, 0.2) is 0 Å². The molecular weight excluding hydrogens is 477 g/mol. The number of amides is 1. The van der Waals surface area contributed by atoms with Gasteiger partial charge in [-0.15, -0.1) is 0 Å². The Bertz CT molecular complexity index is 1390. The molecular formula is C22H19F3N2O6S. The summed E-state index contributed by atoms with van der Waals surface area (Å²) in [5, 5.41) is 8.77. The smallest absolute Gasteiger partial charge is 0.417 e. The summed E-state index contributed by atoms with van der Waals surface area (Å²) in [6, 6.07) is 10.5. The minimum absolute atomic E-state index is 0.0414. The number of hydrogen-bond acceptors (Lipinski definition) is 5. The first-order valence-electron chi connectivity index (χ1n) is 10.2. The Kier molecular flexibility index (Phi) is 6.13. The second kappa shape index (κ2) is 8.76. The van der Waals surface area contributed by atoms with Crippen molar-refractivity contribution in [2.45, 2.75) is 17.5 Å². The molecule has 3 aromatic rings. The maximum absolute atomic E-state index is 13.4. The molecule has 1 saturated heterocycles. The van der Waals surface area contributed by atoms with E-state index in [1.54, 1.807) is 12.1 Å². The molecule has 0 saturated carbocycles. The summed E-state index contributed by atoms with van der Waals surface area (Å²) in [5.74, 6) is 0.